The lowest BCUT2D eigenvalue weighted by Crippen LogP contribution is -2.42. The summed E-state index contributed by atoms with van der Waals surface area (Å²) >= 11 is 0. The molecular formula is C32H34N2OP+. The van der Waals surface area contributed by atoms with Crippen LogP contribution in [0.1, 0.15) is 26.3 Å². The van der Waals surface area contributed by atoms with Gasteiger partial charge in [0.25, 0.3) is 0 Å². The van der Waals surface area contributed by atoms with Crippen molar-refractivity contribution in [3.63, 3.8) is 0 Å². The van der Waals surface area contributed by atoms with Gasteiger partial charge in [0.1, 0.15) is 15.9 Å². The lowest BCUT2D eigenvalue weighted by atomic mass is 9.96. The van der Waals surface area contributed by atoms with E-state index in [9.17, 15) is 4.79 Å². The number of benzene rings is 4. The highest BCUT2D eigenvalue weighted by Crippen LogP contribution is 2.61. The van der Waals surface area contributed by atoms with Gasteiger partial charge in [-0.2, -0.15) is 0 Å². The summed E-state index contributed by atoms with van der Waals surface area (Å²) in [4.78, 5) is 13.5. The lowest BCUT2D eigenvalue weighted by molar-refractivity contribution is -0.127. The molecule has 0 bridgehead atoms. The van der Waals surface area contributed by atoms with Gasteiger partial charge in [0, 0.05) is 11.1 Å². The van der Waals surface area contributed by atoms with Crippen LogP contribution in [0.5, 0.6) is 0 Å². The van der Waals surface area contributed by atoms with Crippen LogP contribution in [0.15, 0.2) is 127 Å². The van der Waals surface area contributed by atoms with Crippen LogP contribution in [0, 0.1) is 12.3 Å². The van der Waals surface area contributed by atoms with Gasteiger partial charge in [-0.25, -0.2) is 0 Å². The maximum absolute atomic E-state index is 13.5. The van der Waals surface area contributed by atoms with Crippen LogP contribution >= 0.6 is 7.26 Å². The summed E-state index contributed by atoms with van der Waals surface area (Å²) in [6.45, 7) is 7.91. The third-order valence-corrected chi connectivity index (χ3v) is 10.3. The topological polar surface area (TPSA) is 41.1 Å². The summed E-state index contributed by atoms with van der Waals surface area (Å²) in [6, 6.07) is 39.9. The number of carbonyl (C=O) groups excluding carboxylic acids is 1. The zero-order valence-electron chi connectivity index (χ0n) is 21.4. The fourth-order valence-electron chi connectivity index (χ4n) is 4.14. The molecule has 0 aliphatic rings. The molecule has 182 valence electrons. The minimum atomic E-state index is -2.47. The van der Waals surface area contributed by atoms with Gasteiger partial charge >= 0.3 is 0 Å². The molecule has 0 aromatic heterocycles. The second-order valence-electron chi connectivity index (χ2n) is 9.92. The number of aryl methyl sites for hydroxylation is 1. The summed E-state index contributed by atoms with van der Waals surface area (Å²) in [5.41, 5.74) is 2.48. The molecule has 4 rings (SSSR count). The molecule has 0 atom stereocenters. The summed E-state index contributed by atoms with van der Waals surface area (Å²) in [7, 11) is -2.47. The first-order valence-electron chi connectivity index (χ1n) is 12.2. The van der Waals surface area contributed by atoms with Crippen molar-refractivity contribution in [1.82, 2.24) is 5.32 Å². The highest BCUT2D eigenvalue weighted by Gasteiger charge is 2.51. The van der Waals surface area contributed by atoms with E-state index in [4.69, 9.17) is 0 Å². The summed E-state index contributed by atoms with van der Waals surface area (Å²) in [5, 5.41) is 10.4. The molecule has 36 heavy (non-hydrogen) atoms. The third kappa shape index (κ3) is 5.42. The monoisotopic (exact) mass is 493 g/mol. The Kier molecular flexibility index (Phi) is 7.72. The third-order valence-electron chi connectivity index (χ3n) is 6.14. The van der Waals surface area contributed by atoms with Gasteiger partial charge < -0.3 is 5.32 Å². The molecule has 2 N–H and O–H groups in total. The Morgan fingerprint density at radius 3 is 1.47 bits per heavy atom. The van der Waals surface area contributed by atoms with Crippen molar-refractivity contribution in [3.8, 4) is 0 Å². The molecular weight excluding hydrogens is 459 g/mol. The first kappa shape index (κ1) is 25.4. The van der Waals surface area contributed by atoms with Crippen molar-refractivity contribution in [3.05, 3.63) is 132 Å². The fraction of sp³-hybridized carbons (Fsp3) is 0.156. The van der Waals surface area contributed by atoms with Crippen LogP contribution in [-0.4, -0.2) is 5.91 Å². The molecule has 0 fully saturated rings. The normalized spacial score (nSPS) is 12.2. The van der Waals surface area contributed by atoms with Gasteiger partial charge in [0.05, 0.1) is 6.20 Å². The molecule has 0 spiro atoms. The largest absolute Gasteiger partial charge is 0.357 e. The van der Waals surface area contributed by atoms with E-state index in [-0.39, 0.29) is 5.91 Å². The van der Waals surface area contributed by atoms with E-state index in [0.29, 0.717) is 0 Å². The van der Waals surface area contributed by atoms with Crippen molar-refractivity contribution in [2.45, 2.75) is 27.7 Å². The number of hydrogen-bond acceptors (Lipinski definition) is 2. The SMILES string of the molecule is Cc1ccc(N/C=C(\NC(=O)C(C)(C)C)[P+](c2ccccc2)(c2ccccc2)c2ccccc2)cc1. The fourth-order valence-corrected chi connectivity index (χ4v) is 8.26. The minimum absolute atomic E-state index is 0.0216. The number of carbonyl (C=O) groups is 1. The lowest BCUT2D eigenvalue weighted by Gasteiger charge is -2.31. The van der Waals surface area contributed by atoms with Crippen LogP contribution in [0.4, 0.5) is 5.69 Å². The number of nitrogens with one attached hydrogen (secondary N) is 2. The highest BCUT2D eigenvalue weighted by atomic mass is 31.2. The molecule has 4 aromatic carbocycles. The Hall–Kier alpha value is -3.68. The van der Waals surface area contributed by atoms with E-state index in [1.807, 2.05) is 45.2 Å². The molecule has 0 saturated heterocycles. The van der Waals surface area contributed by atoms with E-state index in [0.717, 1.165) is 11.1 Å². The van der Waals surface area contributed by atoms with Crippen LogP contribution in [0.2, 0.25) is 0 Å². The highest BCUT2D eigenvalue weighted by molar-refractivity contribution is 7.99. The summed E-state index contributed by atoms with van der Waals surface area (Å²) in [5.74, 6) is -0.0216. The average Bonchev–Trinajstić information content (AvgIpc) is 2.90. The Labute approximate surface area is 215 Å². The molecule has 4 heteroatoms. The molecule has 0 aliphatic heterocycles. The van der Waals surface area contributed by atoms with Crippen molar-refractivity contribution >= 4 is 34.8 Å². The first-order chi connectivity index (χ1) is 17.3. The first-order valence-corrected chi connectivity index (χ1v) is 14.0. The number of amides is 1. The predicted octanol–water partition coefficient (Wildman–Crippen LogP) is 6.36. The number of hydrogen-bond donors (Lipinski definition) is 2. The van der Waals surface area contributed by atoms with Crippen LogP contribution < -0.4 is 26.5 Å². The molecule has 0 radical (unpaired) electrons. The Bertz CT molecular complexity index is 1210. The average molecular weight is 494 g/mol. The second kappa shape index (κ2) is 10.9. The van der Waals surface area contributed by atoms with Gasteiger partial charge in [0.2, 0.25) is 5.91 Å². The smallest absolute Gasteiger partial charge is 0.232 e. The van der Waals surface area contributed by atoms with Gasteiger partial charge in [-0.05, 0) is 55.5 Å². The van der Waals surface area contributed by atoms with Crippen LogP contribution in [-0.2, 0) is 4.79 Å². The van der Waals surface area contributed by atoms with Crippen molar-refractivity contribution in [2.24, 2.45) is 5.41 Å². The number of anilines is 1. The van der Waals surface area contributed by atoms with E-state index in [2.05, 4.69) is 115 Å². The standard InChI is InChI=1S/C32H33N2OP/c1-25-20-22-26(23-21-25)33-24-30(34-31(35)32(2,3)4)36(27-14-8-5-9-15-27,28-16-10-6-11-17-28)29-18-12-7-13-19-29/h5-24,33H,1-4H3/p+1/b30-24+. The zero-order valence-corrected chi connectivity index (χ0v) is 22.3. The Morgan fingerprint density at radius 2 is 1.08 bits per heavy atom. The summed E-state index contributed by atoms with van der Waals surface area (Å²) in [6.07, 6.45) is 2.00. The van der Waals surface area contributed by atoms with Gasteiger partial charge in [-0.3, -0.25) is 10.1 Å². The van der Waals surface area contributed by atoms with E-state index < -0.39 is 12.7 Å². The molecule has 3 nitrogen and oxygen atoms in total. The van der Waals surface area contributed by atoms with E-state index >= 15 is 0 Å². The Morgan fingerprint density at radius 1 is 0.667 bits per heavy atom. The van der Waals surface area contributed by atoms with E-state index in [1.54, 1.807) is 0 Å². The second-order valence-corrected chi connectivity index (χ2v) is 13.3. The minimum Gasteiger partial charge on any atom is -0.357 e. The van der Waals surface area contributed by atoms with Crippen LogP contribution in [0.3, 0.4) is 0 Å². The molecule has 0 saturated carbocycles. The van der Waals surface area contributed by atoms with Crippen molar-refractivity contribution in [2.75, 3.05) is 5.32 Å². The molecule has 0 unspecified atom stereocenters. The maximum atomic E-state index is 13.5. The van der Waals surface area contributed by atoms with Crippen LogP contribution in [0.25, 0.3) is 0 Å². The predicted molar refractivity (Wildman–Crippen MR) is 156 cm³/mol. The zero-order chi connectivity index (χ0) is 25.6. The van der Waals surface area contributed by atoms with Gasteiger partial charge in [-0.15, -0.1) is 0 Å². The maximum Gasteiger partial charge on any atom is 0.232 e. The molecule has 0 heterocycles. The van der Waals surface area contributed by atoms with E-state index in [1.165, 1.54) is 21.5 Å². The molecule has 4 aromatic rings. The molecule has 0 aliphatic carbocycles. The van der Waals surface area contributed by atoms with Gasteiger partial charge in [-0.1, -0.05) is 93.1 Å². The Balaban J connectivity index is 2.02. The number of rotatable bonds is 7. The van der Waals surface area contributed by atoms with Crippen molar-refractivity contribution in [1.29, 1.82) is 0 Å². The summed E-state index contributed by atoms with van der Waals surface area (Å²) < 4.78 is 0. The van der Waals surface area contributed by atoms with Crippen molar-refractivity contribution < 1.29 is 4.79 Å². The molecule has 1 amide bonds. The van der Waals surface area contributed by atoms with Gasteiger partial charge in [0.15, 0.2) is 12.7 Å². The quantitative estimate of drug-likeness (QED) is 0.294.